The minimum absolute atomic E-state index is 0.00470. The summed E-state index contributed by atoms with van der Waals surface area (Å²) >= 11 is 0. The van der Waals surface area contributed by atoms with E-state index in [4.69, 9.17) is 22.9 Å². The van der Waals surface area contributed by atoms with Crippen LogP contribution in [0.1, 0.15) is 141 Å². The van der Waals surface area contributed by atoms with Gasteiger partial charge in [0.1, 0.15) is 72.5 Å². The monoisotopic (exact) mass is 1500 g/mol. The Morgan fingerprint density at radius 1 is 0.626 bits per heavy atom. The zero-order valence-corrected chi connectivity index (χ0v) is 60.8. The summed E-state index contributed by atoms with van der Waals surface area (Å²) < 4.78 is 0. The maximum atomic E-state index is 15.7. The van der Waals surface area contributed by atoms with Crippen LogP contribution in [0.4, 0.5) is 0 Å². The van der Waals surface area contributed by atoms with Crippen LogP contribution < -0.4 is 70.8 Å². The lowest BCUT2D eigenvalue weighted by molar-refractivity contribution is -0.149. The SMILES string of the molecule is CCCC[C@H](NC(=O)[C@@H]1CCCN1C(=O)CNC(=O)[C@@H]1C/C=C\CN(C(=O)[C@@H]2CCCN2C(=O)[C@H](CCCN=C(N)N)NC(=O)[C@@H]2CCC(=O)N2)[C@@H](CCCN=C(N)N)C(=O)N[C@@H](CC(C)C)C(=O)N[C@@H](CO)C(=O)N[C@@H](Cc2cnc[nH]2)C(=O)N1)C(=O)N1CCC[C@H]1C(=O)N[C@@H](Cc1ccccc1)C(=O)O. The molecule has 7 rings (SSSR count). The molecule has 1 aromatic carbocycles. The molecule has 2 aromatic rings. The maximum absolute atomic E-state index is 15.7. The van der Waals surface area contributed by atoms with Gasteiger partial charge in [-0.3, -0.25) is 72.3 Å². The molecule has 0 unspecified atom stereocenters. The molecule has 6 heterocycles. The number of benzene rings is 1. The van der Waals surface area contributed by atoms with Crippen LogP contribution in [-0.2, 0) is 80.0 Å². The van der Waals surface area contributed by atoms with E-state index in [-0.39, 0.29) is 146 Å². The number of likely N-dealkylation sites (tertiary alicyclic amines) is 3. The van der Waals surface area contributed by atoms with Crippen molar-refractivity contribution in [1.29, 1.82) is 0 Å². The number of aromatic nitrogens is 2. The number of nitrogens with zero attached hydrogens (tertiary/aromatic N) is 7. The number of aliphatic hydroxyl groups is 1. The van der Waals surface area contributed by atoms with Crippen molar-refractivity contribution in [2.24, 2.45) is 38.8 Å². The molecular weight excluding hydrogens is 1390 g/mol. The van der Waals surface area contributed by atoms with Gasteiger partial charge in [-0.1, -0.05) is 76.1 Å². The zero-order chi connectivity index (χ0) is 77.9. The Bertz CT molecular complexity index is 3550. The van der Waals surface area contributed by atoms with Crippen LogP contribution in [0.3, 0.4) is 0 Å². The molecule has 107 heavy (non-hydrogen) atoms. The lowest BCUT2D eigenvalue weighted by Gasteiger charge is -2.36. The number of carbonyl (C=O) groups is 14. The van der Waals surface area contributed by atoms with Crippen molar-refractivity contribution in [3.05, 3.63) is 66.3 Å². The number of aliphatic imine (C=N–C) groups is 2. The lowest BCUT2D eigenvalue weighted by Crippen LogP contribution is -2.61. The number of imidazole rings is 1. The highest BCUT2D eigenvalue weighted by molar-refractivity contribution is 6.00. The van der Waals surface area contributed by atoms with Crippen LogP contribution in [0.2, 0.25) is 0 Å². The molecule has 5 aliphatic heterocycles. The summed E-state index contributed by atoms with van der Waals surface area (Å²) in [4.78, 5) is 219. The van der Waals surface area contributed by atoms with E-state index < -0.39 is 175 Å². The van der Waals surface area contributed by atoms with Crippen molar-refractivity contribution in [1.82, 2.24) is 77.4 Å². The van der Waals surface area contributed by atoms with E-state index in [2.05, 4.69) is 67.8 Å². The van der Waals surface area contributed by atoms with Crippen LogP contribution in [0.25, 0.3) is 0 Å². The van der Waals surface area contributed by atoms with Gasteiger partial charge in [-0.2, -0.15) is 0 Å². The van der Waals surface area contributed by atoms with E-state index in [9.17, 15) is 67.7 Å². The van der Waals surface area contributed by atoms with Crippen molar-refractivity contribution in [2.45, 2.75) is 215 Å². The van der Waals surface area contributed by atoms with E-state index >= 15 is 9.59 Å². The number of aromatic amines is 1. The number of nitrogens with two attached hydrogens (primary N) is 4. The highest BCUT2D eigenvalue weighted by Crippen LogP contribution is 2.27. The average molecular weight is 1500 g/mol. The van der Waals surface area contributed by atoms with Crippen LogP contribution >= 0.6 is 0 Å². The molecule has 586 valence electrons. The fourth-order valence-corrected chi connectivity index (χ4v) is 13.8. The first-order chi connectivity index (χ1) is 51.2. The number of aliphatic hydroxyl groups excluding tert-OH is 1. The summed E-state index contributed by atoms with van der Waals surface area (Å²) in [5.41, 5.74) is 23.6. The van der Waals surface area contributed by atoms with E-state index in [1.165, 1.54) is 44.3 Å². The van der Waals surface area contributed by atoms with E-state index in [0.717, 1.165) is 0 Å². The van der Waals surface area contributed by atoms with Crippen LogP contribution in [-0.4, -0.2) is 259 Å². The molecular formula is C70H105N21O16. The zero-order valence-electron chi connectivity index (χ0n) is 60.8. The van der Waals surface area contributed by atoms with E-state index in [1.807, 2.05) is 6.92 Å². The molecule has 37 heteroatoms. The average Bonchev–Trinajstić information content (AvgIpc) is 1.74. The maximum Gasteiger partial charge on any atom is 0.326 e. The van der Waals surface area contributed by atoms with Gasteiger partial charge in [-0.15, -0.1) is 0 Å². The van der Waals surface area contributed by atoms with Gasteiger partial charge in [0.25, 0.3) is 0 Å². The van der Waals surface area contributed by atoms with E-state index in [0.29, 0.717) is 36.9 Å². The van der Waals surface area contributed by atoms with Crippen molar-refractivity contribution < 1.29 is 77.3 Å². The minimum Gasteiger partial charge on any atom is -0.480 e. The Morgan fingerprint density at radius 2 is 1.20 bits per heavy atom. The second-order valence-corrected chi connectivity index (χ2v) is 27.8. The molecule has 1 aromatic heterocycles. The Morgan fingerprint density at radius 3 is 1.79 bits per heavy atom. The molecule has 4 saturated heterocycles. The Hall–Kier alpha value is -10.8. The fourth-order valence-electron chi connectivity index (χ4n) is 13.8. The van der Waals surface area contributed by atoms with Gasteiger partial charge in [-0.05, 0) is 101 Å². The molecule has 20 N–H and O–H groups in total. The number of hydrogen-bond donors (Lipinski definition) is 16. The molecule has 12 atom stereocenters. The fraction of sp³-hybridized carbons (Fsp3) is 0.614. The predicted molar refractivity (Wildman–Crippen MR) is 387 cm³/mol. The largest absolute Gasteiger partial charge is 0.480 e. The minimum atomic E-state index is -1.75. The summed E-state index contributed by atoms with van der Waals surface area (Å²) in [6, 6.07) is -7.17. The smallest absolute Gasteiger partial charge is 0.326 e. The number of hydrogen-bond acceptors (Lipinski definition) is 18. The van der Waals surface area contributed by atoms with Gasteiger partial charge >= 0.3 is 5.97 Å². The summed E-state index contributed by atoms with van der Waals surface area (Å²) in [6.45, 7) is 3.47. The third kappa shape index (κ3) is 24.7. The van der Waals surface area contributed by atoms with E-state index in [1.54, 1.807) is 44.2 Å². The number of aliphatic carboxylic acids is 1. The Kier molecular flexibility index (Phi) is 32.2. The highest BCUT2D eigenvalue weighted by atomic mass is 16.4. The highest BCUT2D eigenvalue weighted by Gasteiger charge is 2.45. The number of carboxylic acid groups (broad SMARTS) is 1. The third-order valence-corrected chi connectivity index (χ3v) is 19.3. The van der Waals surface area contributed by atoms with Gasteiger partial charge in [-0.25, -0.2) is 9.78 Å². The topological polar surface area (TPSA) is 558 Å². The van der Waals surface area contributed by atoms with Crippen molar-refractivity contribution in [2.75, 3.05) is 52.4 Å². The molecule has 4 fully saturated rings. The molecule has 0 saturated carbocycles. The van der Waals surface area contributed by atoms with Crippen molar-refractivity contribution in [3.63, 3.8) is 0 Å². The molecule has 37 nitrogen and oxygen atoms in total. The number of carbonyl (C=O) groups excluding carboxylic acids is 13. The van der Waals surface area contributed by atoms with Gasteiger partial charge < -0.3 is 106 Å². The second kappa shape index (κ2) is 41.2. The number of carboxylic acids is 1. The molecule has 13 amide bonds. The van der Waals surface area contributed by atoms with Gasteiger partial charge in [0.15, 0.2) is 11.9 Å². The van der Waals surface area contributed by atoms with Gasteiger partial charge in [0.05, 0.1) is 19.5 Å². The quantitative estimate of drug-likeness (QED) is 0.0146. The van der Waals surface area contributed by atoms with Gasteiger partial charge in [0, 0.05) is 70.4 Å². The number of rotatable bonds is 31. The normalized spacial score (nSPS) is 23.5. The summed E-state index contributed by atoms with van der Waals surface area (Å²) in [5, 5.41) is 44.6. The van der Waals surface area contributed by atoms with Crippen LogP contribution in [0.5, 0.6) is 0 Å². The third-order valence-electron chi connectivity index (χ3n) is 19.3. The van der Waals surface area contributed by atoms with Gasteiger partial charge in [0.2, 0.25) is 76.8 Å². The summed E-state index contributed by atoms with van der Waals surface area (Å²) in [5.74, 6) is -11.9. The first-order valence-electron chi connectivity index (χ1n) is 36.7. The summed E-state index contributed by atoms with van der Waals surface area (Å²) in [6.07, 6.45) is 7.90. The molecule has 5 aliphatic rings. The molecule has 0 bridgehead atoms. The molecule has 0 aliphatic carbocycles. The molecule has 0 spiro atoms. The first-order valence-corrected chi connectivity index (χ1v) is 36.7. The van der Waals surface area contributed by atoms with Crippen LogP contribution in [0, 0.1) is 5.92 Å². The first kappa shape index (κ1) is 83.5. The molecule has 0 radical (unpaired) electrons. The number of H-pyrrole nitrogens is 1. The number of amides is 13. The predicted octanol–water partition coefficient (Wildman–Crippen LogP) is -4.47. The van der Waals surface area contributed by atoms with Crippen molar-refractivity contribution >= 4 is 94.7 Å². The number of unbranched alkanes of at least 4 members (excludes halogenated alkanes) is 1. The van der Waals surface area contributed by atoms with Crippen LogP contribution in [0.15, 0.2) is 65.0 Å². The standard InChI is InChI=1S/C70H105N21O16/c1-4-5-18-45(65(103)89-31-14-23-53(89)64(102)86-49(68(106)107)34-41-16-7-6-8-17-41)83-62(100)51-22-13-30-88(51)56(94)37-78-57(95)43-19-9-10-29-90(67(105)54-24-15-32-91(54)66(104)46(20-11-27-76-69(71)72)82-58(96)44-25-26-55(93)80-44)52(21-12-28-77-70(73)74)63(101)85-47(33-40(2)3)59(97)87-50(38-92)61(99)84-48(60(98)81-43)35-42-36-75-39-79-42/h6-10,16-17,36,39-40,43-54,92H,4-5,11-15,18-35,37-38H2,1-3H3,(H,75,79)(H,78,95)(H,80,93)(H,81,98)(H,82,96)(H,83,100)(H,84,99)(H,85,101)(H,86,102)(H,87,97)(H,106,107)(H4,71,72,76)(H4,73,74,77)/b10-9-/t43-,44-,45-,46-,47-,48-,49-,50-,51-,52-,53-,54-/m0/s1. The number of guanidine groups is 2. The second-order valence-electron chi connectivity index (χ2n) is 27.8. The lowest BCUT2D eigenvalue weighted by atomic mass is 10.0. The van der Waals surface area contributed by atoms with Crippen molar-refractivity contribution in [3.8, 4) is 0 Å². The Labute approximate surface area is 619 Å². The summed E-state index contributed by atoms with van der Waals surface area (Å²) in [7, 11) is 0. The number of nitrogens with one attached hydrogen (secondary N) is 10. The Balaban J connectivity index is 1.18.